The number of hydrogen-bond acceptors (Lipinski definition) is 3. The first-order valence-electron chi connectivity index (χ1n) is 7.94. The van der Waals surface area contributed by atoms with E-state index < -0.39 is 11.6 Å². The lowest BCUT2D eigenvalue weighted by Crippen LogP contribution is -2.36. The largest absolute Gasteiger partial charge is 0.464 e. The SMILES string of the molecule is CCCCCCCCCCC(C)(O)C(=O)OCCC. The molecule has 0 rings (SSSR count). The third-order valence-electron chi connectivity index (χ3n) is 3.39. The minimum Gasteiger partial charge on any atom is -0.464 e. The predicted octanol–water partition coefficient (Wildman–Crippen LogP) is 4.22. The summed E-state index contributed by atoms with van der Waals surface area (Å²) >= 11 is 0. The van der Waals surface area contributed by atoms with Gasteiger partial charge in [-0.15, -0.1) is 0 Å². The molecule has 0 saturated heterocycles. The molecule has 0 amide bonds. The van der Waals surface area contributed by atoms with Crippen LogP contribution in [0.2, 0.25) is 0 Å². The second kappa shape index (κ2) is 11.3. The van der Waals surface area contributed by atoms with Crippen LogP contribution in [0.25, 0.3) is 0 Å². The summed E-state index contributed by atoms with van der Waals surface area (Å²) in [6.07, 6.45) is 11.0. The molecule has 0 aromatic heterocycles. The molecule has 3 heteroatoms. The van der Waals surface area contributed by atoms with E-state index >= 15 is 0 Å². The zero-order valence-electron chi connectivity index (χ0n) is 13.0. The van der Waals surface area contributed by atoms with Crippen molar-refractivity contribution in [3.63, 3.8) is 0 Å². The highest BCUT2D eigenvalue weighted by molar-refractivity contribution is 5.78. The molecule has 19 heavy (non-hydrogen) atoms. The molecule has 0 aliphatic heterocycles. The molecule has 0 aliphatic rings. The van der Waals surface area contributed by atoms with E-state index in [2.05, 4.69) is 6.92 Å². The lowest BCUT2D eigenvalue weighted by Gasteiger charge is -2.21. The minimum atomic E-state index is -1.31. The number of hydrogen-bond donors (Lipinski definition) is 1. The quantitative estimate of drug-likeness (QED) is 0.427. The Morgan fingerprint density at radius 3 is 2.00 bits per heavy atom. The van der Waals surface area contributed by atoms with Crippen LogP contribution < -0.4 is 0 Å². The highest BCUT2D eigenvalue weighted by Crippen LogP contribution is 2.18. The smallest absolute Gasteiger partial charge is 0.337 e. The van der Waals surface area contributed by atoms with E-state index in [-0.39, 0.29) is 0 Å². The van der Waals surface area contributed by atoms with Crippen LogP contribution in [0.15, 0.2) is 0 Å². The van der Waals surface area contributed by atoms with E-state index in [0.717, 1.165) is 19.3 Å². The van der Waals surface area contributed by atoms with E-state index in [1.165, 1.54) is 38.5 Å². The van der Waals surface area contributed by atoms with E-state index in [1.54, 1.807) is 6.92 Å². The molecule has 0 aromatic carbocycles. The monoisotopic (exact) mass is 272 g/mol. The Balaban J connectivity index is 3.55. The molecule has 0 spiro atoms. The second-order valence-corrected chi connectivity index (χ2v) is 5.63. The van der Waals surface area contributed by atoms with Crippen molar-refractivity contribution in [3.8, 4) is 0 Å². The maximum Gasteiger partial charge on any atom is 0.337 e. The third kappa shape index (κ3) is 9.94. The van der Waals surface area contributed by atoms with Crippen molar-refractivity contribution in [3.05, 3.63) is 0 Å². The van der Waals surface area contributed by atoms with Crippen LogP contribution in [0.1, 0.15) is 85.0 Å². The van der Waals surface area contributed by atoms with Gasteiger partial charge in [0.05, 0.1) is 6.61 Å². The highest BCUT2D eigenvalue weighted by atomic mass is 16.5. The van der Waals surface area contributed by atoms with Crippen LogP contribution in [0.5, 0.6) is 0 Å². The lowest BCUT2D eigenvalue weighted by molar-refractivity contribution is -0.164. The summed E-state index contributed by atoms with van der Waals surface area (Å²) in [5.74, 6) is -0.475. The van der Waals surface area contributed by atoms with E-state index in [1.807, 2.05) is 6.92 Å². The van der Waals surface area contributed by atoms with Crippen LogP contribution in [-0.4, -0.2) is 23.3 Å². The molecule has 0 radical (unpaired) electrons. The third-order valence-corrected chi connectivity index (χ3v) is 3.39. The fourth-order valence-electron chi connectivity index (χ4n) is 2.06. The van der Waals surface area contributed by atoms with Gasteiger partial charge in [-0.2, -0.15) is 0 Å². The van der Waals surface area contributed by atoms with Gasteiger partial charge in [0, 0.05) is 0 Å². The zero-order valence-corrected chi connectivity index (χ0v) is 13.0. The van der Waals surface area contributed by atoms with Gasteiger partial charge in [0.25, 0.3) is 0 Å². The van der Waals surface area contributed by atoms with Gasteiger partial charge in [0.2, 0.25) is 0 Å². The van der Waals surface area contributed by atoms with Gasteiger partial charge >= 0.3 is 5.97 Å². The molecule has 1 atom stereocenters. The average molecular weight is 272 g/mol. The Bertz CT molecular complexity index is 224. The van der Waals surface area contributed by atoms with Crippen molar-refractivity contribution in [2.24, 2.45) is 0 Å². The van der Waals surface area contributed by atoms with Gasteiger partial charge in [-0.3, -0.25) is 0 Å². The molecule has 1 N–H and O–H groups in total. The molecule has 0 fully saturated rings. The molecule has 1 unspecified atom stereocenters. The number of ether oxygens (including phenoxy) is 1. The Hall–Kier alpha value is -0.570. The summed E-state index contributed by atoms with van der Waals surface area (Å²) in [5, 5.41) is 10.0. The average Bonchev–Trinajstić information content (AvgIpc) is 2.38. The molecular formula is C16H32O3. The minimum absolute atomic E-state index is 0.395. The van der Waals surface area contributed by atoms with Crippen LogP contribution in [0.4, 0.5) is 0 Å². The summed E-state index contributed by atoms with van der Waals surface area (Å²) in [4.78, 5) is 11.6. The topological polar surface area (TPSA) is 46.5 Å². The van der Waals surface area contributed by atoms with Crippen molar-refractivity contribution in [1.82, 2.24) is 0 Å². The molecule has 0 bridgehead atoms. The summed E-state index contributed by atoms with van der Waals surface area (Å²) in [6.45, 7) is 6.12. The van der Waals surface area contributed by atoms with Gasteiger partial charge in [0.15, 0.2) is 5.60 Å². The summed E-state index contributed by atoms with van der Waals surface area (Å²) < 4.78 is 4.99. The first-order valence-corrected chi connectivity index (χ1v) is 7.94. The summed E-state index contributed by atoms with van der Waals surface area (Å²) in [5.41, 5.74) is -1.31. The van der Waals surface area contributed by atoms with Crippen molar-refractivity contribution >= 4 is 5.97 Å². The Morgan fingerprint density at radius 2 is 1.47 bits per heavy atom. The van der Waals surface area contributed by atoms with Crippen LogP contribution in [-0.2, 0) is 9.53 Å². The summed E-state index contributed by atoms with van der Waals surface area (Å²) in [6, 6.07) is 0. The van der Waals surface area contributed by atoms with Gasteiger partial charge in [-0.1, -0.05) is 58.8 Å². The number of esters is 1. The first kappa shape index (κ1) is 18.4. The van der Waals surface area contributed by atoms with Crippen molar-refractivity contribution < 1.29 is 14.6 Å². The number of unbranched alkanes of at least 4 members (excludes halogenated alkanes) is 7. The number of carbonyl (C=O) groups excluding carboxylic acids is 1. The second-order valence-electron chi connectivity index (χ2n) is 5.63. The molecule has 0 aromatic rings. The Morgan fingerprint density at radius 1 is 0.947 bits per heavy atom. The van der Waals surface area contributed by atoms with Gasteiger partial charge in [0.1, 0.15) is 0 Å². The van der Waals surface area contributed by atoms with E-state index in [0.29, 0.717) is 13.0 Å². The summed E-state index contributed by atoms with van der Waals surface area (Å²) in [7, 11) is 0. The lowest BCUT2D eigenvalue weighted by atomic mass is 9.97. The maximum atomic E-state index is 11.6. The van der Waals surface area contributed by atoms with Crippen molar-refractivity contribution in [2.75, 3.05) is 6.61 Å². The molecular weight excluding hydrogens is 240 g/mol. The van der Waals surface area contributed by atoms with Gasteiger partial charge in [-0.25, -0.2) is 4.79 Å². The number of rotatable bonds is 12. The van der Waals surface area contributed by atoms with E-state index in [9.17, 15) is 9.90 Å². The van der Waals surface area contributed by atoms with Gasteiger partial charge < -0.3 is 9.84 Å². The normalized spacial score (nSPS) is 14.1. The maximum absolute atomic E-state index is 11.6. The van der Waals surface area contributed by atoms with Gasteiger partial charge in [-0.05, 0) is 26.2 Å². The molecule has 0 aliphatic carbocycles. The fraction of sp³-hybridized carbons (Fsp3) is 0.938. The van der Waals surface area contributed by atoms with Crippen LogP contribution in [0, 0.1) is 0 Å². The highest BCUT2D eigenvalue weighted by Gasteiger charge is 2.30. The Labute approximate surface area is 118 Å². The van der Waals surface area contributed by atoms with Crippen molar-refractivity contribution in [1.29, 1.82) is 0 Å². The number of carbonyl (C=O) groups is 1. The molecule has 0 saturated carbocycles. The van der Waals surface area contributed by atoms with Crippen LogP contribution in [0.3, 0.4) is 0 Å². The van der Waals surface area contributed by atoms with Crippen LogP contribution >= 0.6 is 0 Å². The fourth-order valence-corrected chi connectivity index (χ4v) is 2.06. The predicted molar refractivity (Wildman–Crippen MR) is 79.1 cm³/mol. The number of aliphatic hydroxyl groups is 1. The molecule has 0 heterocycles. The molecule has 3 nitrogen and oxygen atoms in total. The van der Waals surface area contributed by atoms with E-state index in [4.69, 9.17) is 4.74 Å². The zero-order chi connectivity index (χ0) is 14.6. The Kier molecular flexibility index (Phi) is 10.9. The first-order chi connectivity index (χ1) is 9.04. The molecule has 114 valence electrons. The standard InChI is InChI=1S/C16H32O3/c1-4-6-7-8-9-10-11-12-13-16(3,18)15(17)19-14-5-2/h18H,4-14H2,1-3H3. The van der Waals surface area contributed by atoms with Crippen molar-refractivity contribution in [2.45, 2.75) is 90.6 Å².